The van der Waals surface area contributed by atoms with Crippen LogP contribution < -0.4 is 5.31 Å². The first-order valence-corrected chi connectivity index (χ1v) is 4.13. The highest BCUT2D eigenvalue weighted by molar-refractivity contribution is 4.95. The lowest BCUT2D eigenvalue weighted by Gasteiger charge is -2.47. The van der Waals surface area contributed by atoms with Gasteiger partial charge in [-0.3, -0.25) is 0 Å². The van der Waals surface area contributed by atoms with E-state index < -0.39 is 0 Å². The van der Waals surface area contributed by atoms with Crippen molar-refractivity contribution in [1.82, 2.24) is 10.2 Å². The Balaban J connectivity index is 1.88. The molecule has 2 fully saturated rings. The average Bonchev–Trinajstić information content (AvgIpc) is 1.92. The van der Waals surface area contributed by atoms with Gasteiger partial charge in [-0.05, 0) is 38.4 Å². The molecule has 0 aromatic rings. The lowest BCUT2D eigenvalue weighted by molar-refractivity contribution is 0.0671. The summed E-state index contributed by atoms with van der Waals surface area (Å²) in [6, 6.07) is 0. The molecule has 2 aliphatic rings. The van der Waals surface area contributed by atoms with E-state index in [0.717, 1.165) is 13.1 Å². The third kappa shape index (κ3) is 0.956. The smallest absolute Gasteiger partial charge is 0.122 e. The highest BCUT2D eigenvalue weighted by atomic mass is 15.1. The summed E-state index contributed by atoms with van der Waals surface area (Å²) in [5.41, 5.74) is 0.550. The highest BCUT2D eigenvalue weighted by Gasteiger charge is 2.38. The predicted octanol–water partition coefficient (Wildman–Crippen LogP) is 0.302. The van der Waals surface area contributed by atoms with Gasteiger partial charge in [-0.1, -0.05) is 0 Å². The highest BCUT2D eigenvalue weighted by Crippen LogP contribution is 2.34. The topological polar surface area (TPSA) is 15.3 Å². The first-order valence-electron chi connectivity index (χ1n) is 4.57. The molecular formula is C8H16N2. The van der Waals surface area contributed by atoms with Crippen molar-refractivity contribution >= 4 is 0 Å². The van der Waals surface area contributed by atoms with Crippen molar-refractivity contribution in [2.75, 3.05) is 33.2 Å². The minimum absolute atomic E-state index is 0.550. The summed E-state index contributed by atoms with van der Waals surface area (Å²) in [5, 5.41) is 1.69. The van der Waals surface area contributed by atoms with Gasteiger partial charge < -0.3 is 10.2 Å². The Bertz CT molecular complexity index is 144. The minimum Gasteiger partial charge on any atom is -0.316 e. The second kappa shape index (κ2) is 2.21. The van der Waals surface area contributed by atoms with Crippen LogP contribution in [0.4, 0.5) is 0 Å². The lowest BCUT2D eigenvalue weighted by atomic mass is 9.74. The van der Waals surface area contributed by atoms with Crippen molar-refractivity contribution < 1.29 is 1.41 Å². The number of nitrogens with one attached hydrogen (secondary N) is 1. The summed E-state index contributed by atoms with van der Waals surface area (Å²) in [6.45, 7) is 4.49. The third-order valence-electron chi connectivity index (χ3n) is 2.94. The van der Waals surface area contributed by atoms with Crippen LogP contribution in [0, 0.1) is 5.41 Å². The number of nitrogens with zero attached hydrogens (tertiary/aromatic N) is 1. The van der Waals surface area contributed by atoms with Gasteiger partial charge in [0, 0.05) is 13.1 Å². The first-order chi connectivity index (χ1) is 5.20. The zero-order valence-corrected chi connectivity index (χ0v) is 6.64. The molecule has 0 aromatic heterocycles. The minimum atomic E-state index is 0.550. The van der Waals surface area contributed by atoms with Crippen LogP contribution in [-0.4, -0.2) is 38.1 Å². The Labute approximate surface area is 64.1 Å². The summed E-state index contributed by atoms with van der Waals surface area (Å²) in [4.78, 5) is 2.39. The summed E-state index contributed by atoms with van der Waals surface area (Å²) < 4.78 is 7.34. The van der Waals surface area contributed by atoms with E-state index in [0.29, 0.717) is 5.41 Å². The van der Waals surface area contributed by atoms with E-state index in [2.05, 4.69) is 11.9 Å². The van der Waals surface area contributed by atoms with Gasteiger partial charge in [-0.25, -0.2) is 0 Å². The predicted molar refractivity (Wildman–Crippen MR) is 42.0 cm³/mol. The van der Waals surface area contributed by atoms with E-state index in [-0.39, 0.29) is 0 Å². The maximum atomic E-state index is 7.34. The number of likely N-dealkylation sites (tertiary alicyclic amines) is 1. The van der Waals surface area contributed by atoms with E-state index >= 15 is 0 Å². The summed E-state index contributed by atoms with van der Waals surface area (Å²) in [5.74, 6) is 0. The molecule has 2 heteroatoms. The molecule has 58 valence electrons. The molecule has 0 amide bonds. The van der Waals surface area contributed by atoms with Gasteiger partial charge in [0.25, 0.3) is 0 Å². The third-order valence-corrected chi connectivity index (χ3v) is 2.94. The van der Waals surface area contributed by atoms with Gasteiger partial charge >= 0.3 is 0 Å². The molecule has 2 saturated heterocycles. The van der Waals surface area contributed by atoms with E-state index in [1.54, 1.807) is 5.31 Å². The fraction of sp³-hybridized carbons (Fsp3) is 1.00. The molecule has 0 radical (unpaired) electrons. The standard InChI is InChI=1S/C8H16N2/c1-10-4-2-8(3-5-10)6-9-7-8/h9H,2-7H2,1H3/i/hD. The second-order valence-electron chi connectivity index (χ2n) is 3.84. The van der Waals surface area contributed by atoms with Gasteiger partial charge in [-0.2, -0.15) is 0 Å². The SMILES string of the molecule is [2H]N1CC2(CCN(C)CC2)C1. The van der Waals surface area contributed by atoms with Gasteiger partial charge in [0.2, 0.25) is 0 Å². The quantitative estimate of drug-likeness (QED) is 0.522. The molecule has 10 heavy (non-hydrogen) atoms. The zero-order valence-electron chi connectivity index (χ0n) is 7.64. The van der Waals surface area contributed by atoms with E-state index in [1.165, 1.54) is 25.9 Å². The molecule has 2 aliphatic heterocycles. The Morgan fingerprint density at radius 2 is 2.00 bits per heavy atom. The van der Waals surface area contributed by atoms with Crippen LogP contribution >= 0.6 is 0 Å². The molecule has 1 N–H and O–H groups in total. The first kappa shape index (κ1) is 5.56. The fourth-order valence-corrected chi connectivity index (χ4v) is 1.84. The van der Waals surface area contributed by atoms with Crippen LogP contribution in [0.3, 0.4) is 0 Å². The van der Waals surface area contributed by atoms with Crippen LogP contribution in [0.2, 0.25) is 1.41 Å². The second-order valence-corrected chi connectivity index (χ2v) is 3.84. The normalized spacial score (nSPS) is 35.5. The largest absolute Gasteiger partial charge is 0.316 e. The molecule has 0 unspecified atom stereocenters. The molecule has 0 aliphatic carbocycles. The number of hydrogen-bond acceptors (Lipinski definition) is 2. The maximum Gasteiger partial charge on any atom is 0.122 e. The molecular weight excluding hydrogens is 124 g/mol. The van der Waals surface area contributed by atoms with Crippen LogP contribution in [-0.2, 0) is 0 Å². The van der Waals surface area contributed by atoms with E-state index in [9.17, 15) is 0 Å². The molecule has 2 rings (SSSR count). The van der Waals surface area contributed by atoms with Gasteiger partial charge in [-0.15, -0.1) is 0 Å². The van der Waals surface area contributed by atoms with Crippen LogP contribution in [0.5, 0.6) is 0 Å². The van der Waals surface area contributed by atoms with Gasteiger partial charge in [0.05, 0.1) is 0 Å². The van der Waals surface area contributed by atoms with Crippen LogP contribution in [0.1, 0.15) is 12.8 Å². The van der Waals surface area contributed by atoms with Crippen LogP contribution in [0.15, 0.2) is 0 Å². The molecule has 0 aromatic carbocycles. The monoisotopic (exact) mass is 141 g/mol. The molecule has 2 nitrogen and oxygen atoms in total. The number of hydrogen-bond donors (Lipinski definition) is 1. The van der Waals surface area contributed by atoms with Crippen molar-refractivity contribution in [3.63, 3.8) is 0 Å². The maximum absolute atomic E-state index is 7.34. The van der Waals surface area contributed by atoms with Crippen LogP contribution in [0.25, 0.3) is 0 Å². The number of piperidine rings is 1. The molecule has 0 bridgehead atoms. The van der Waals surface area contributed by atoms with Crippen molar-refractivity contribution in [2.24, 2.45) is 5.41 Å². The molecule has 0 atom stereocenters. The lowest BCUT2D eigenvalue weighted by Crippen LogP contribution is -2.57. The van der Waals surface area contributed by atoms with Crippen molar-refractivity contribution in [1.29, 1.82) is 0 Å². The van der Waals surface area contributed by atoms with Crippen molar-refractivity contribution in [2.45, 2.75) is 12.8 Å². The van der Waals surface area contributed by atoms with Gasteiger partial charge in [0.1, 0.15) is 1.41 Å². The Kier molecular flexibility index (Phi) is 1.23. The summed E-state index contributed by atoms with van der Waals surface area (Å²) in [6.07, 6.45) is 2.61. The Morgan fingerprint density at radius 3 is 2.50 bits per heavy atom. The Morgan fingerprint density at radius 1 is 1.40 bits per heavy atom. The summed E-state index contributed by atoms with van der Waals surface area (Å²) >= 11 is 0. The van der Waals surface area contributed by atoms with E-state index in [4.69, 9.17) is 1.41 Å². The van der Waals surface area contributed by atoms with Gasteiger partial charge in [0.15, 0.2) is 0 Å². The summed E-state index contributed by atoms with van der Waals surface area (Å²) in [7, 11) is 2.18. The fourth-order valence-electron chi connectivity index (χ4n) is 1.84. The van der Waals surface area contributed by atoms with E-state index in [1.807, 2.05) is 0 Å². The Hall–Kier alpha value is -0.0800. The average molecular weight is 141 g/mol. The molecule has 0 saturated carbocycles. The van der Waals surface area contributed by atoms with Crippen molar-refractivity contribution in [3.05, 3.63) is 0 Å². The molecule has 2 heterocycles. The van der Waals surface area contributed by atoms with Crippen molar-refractivity contribution in [3.8, 4) is 0 Å². The number of rotatable bonds is 0. The zero-order chi connectivity index (χ0) is 7.90. The molecule has 1 spiro atoms.